The molecule has 150 valence electrons. The highest BCUT2D eigenvalue weighted by Gasteiger charge is 2.49. The monoisotopic (exact) mass is 381 g/mol. The van der Waals surface area contributed by atoms with Crippen LogP contribution in [0.15, 0.2) is 42.1 Å². The molecule has 4 rings (SSSR count). The topological polar surface area (TPSA) is 52.7 Å². The van der Waals surface area contributed by atoms with Crippen LogP contribution in [0.2, 0.25) is 0 Å². The Kier molecular flexibility index (Phi) is 5.81. The number of nitrogens with one attached hydrogen (secondary N) is 1. The van der Waals surface area contributed by atoms with Gasteiger partial charge in [-0.2, -0.15) is 0 Å². The van der Waals surface area contributed by atoms with Crippen molar-refractivity contribution in [1.82, 2.24) is 10.2 Å². The molecule has 1 aliphatic carbocycles. The molecule has 5 nitrogen and oxygen atoms in total. The van der Waals surface area contributed by atoms with Crippen molar-refractivity contribution in [3.05, 3.63) is 42.1 Å². The first-order chi connectivity index (χ1) is 13.7. The number of rotatable bonds is 5. The first kappa shape index (κ1) is 19.2. The maximum atomic E-state index is 13.4. The van der Waals surface area contributed by atoms with Crippen LogP contribution in [-0.2, 0) is 9.59 Å². The zero-order valence-corrected chi connectivity index (χ0v) is 16.7. The van der Waals surface area contributed by atoms with E-state index in [0.29, 0.717) is 19.4 Å². The molecule has 1 unspecified atom stereocenters. The largest absolute Gasteiger partial charge is 0.354 e. The molecule has 0 spiro atoms. The molecule has 28 heavy (non-hydrogen) atoms. The predicted octanol–water partition coefficient (Wildman–Crippen LogP) is 3.47. The van der Waals surface area contributed by atoms with Crippen molar-refractivity contribution in [2.75, 3.05) is 31.1 Å². The van der Waals surface area contributed by atoms with Crippen LogP contribution < -0.4 is 10.2 Å². The lowest BCUT2D eigenvalue weighted by Gasteiger charge is -2.46. The first-order valence-corrected chi connectivity index (χ1v) is 10.8. The molecule has 1 N–H and O–H groups in total. The minimum atomic E-state index is -0.566. The van der Waals surface area contributed by atoms with Crippen LogP contribution in [0.4, 0.5) is 5.69 Å². The van der Waals surface area contributed by atoms with Gasteiger partial charge in [0.15, 0.2) is 0 Å². The number of fused-ring (bicyclic) bond motifs is 1. The minimum absolute atomic E-state index is 0.0936. The number of anilines is 1. The average molecular weight is 382 g/mol. The standard InChI is InChI=1S/C23H31N3O2/c27-21-12-14-23(22(28)24-15-18-25-16-7-2-8-17-25)13-6-5-11-20(23)26(21)19-9-3-1-4-10-19/h1,3-4,9-11H,2,5-8,12-18H2,(H,24,28). The van der Waals surface area contributed by atoms with Crippen LogP contribution in [-0.4, -0.2) is 42.9 Å². The normalized spacial score (nSPS) is 25.8. The summed E-state index contributed by atoms with van der Waals surface area (Å²) in [6.07, 6.45) is 9.76. The lowest BCUT2D eigenvalue weighted by Crippen LogP contribution is -2.54. The maximum Gasteiger partial charge on any atom is 0.232 e. The highest BCUT2D eigenvalue weighted by atomic mass is 16.2. The summed E-state index contributed by atoms with van der Waals surface area (Å²) >= 11 is 0. The van der Waals surface area contributed by atoms with Crippen LogP contribution in [0.5, 0.6) is 0 Å². The zero-order chi connectivity index (χ0) is 19.4. The van der Waals surface area contributed by atoms with Gasteiger partial charge >= 0.3 is 0 Å². The number of benzene rings is 1. The van der Waals surface area contributed by atoms with Crippen molar-refractivity contribution in [1.29, 1.82) is 0 Å². The van der Waals surface area contributed by atoms with Gasteiger partial charge in [0.05, 0.1) is 5.41 Å². The van der Waals surface area contributed by atoms with E-state index < -0.39 is 5.41 Å². The van der Waals surface area contributed by atoms with Crippen molar-refractivity contribution in [3.8, 4) is 0 Å². The molecule has 2 aliphatic heterocycles. The molecule has 2 fully saturated rings. The molecule has 3 aliphatic rings. The van der Waals surface area contributed by atoms with E-state index in [-0.39, 0.29) is 11.8 Å². The summed E-state index contributed by atoms with van der Waals surface area (Å²) in [5.41, 5.74) is 1.20. The van der Waals surface area contributed by atoms with E-state index in [4.69, 9.17) is 0 Å². The molecule has 2 saturated heterocycles. The van der Waals surface area contributed by atoms with E-state index in [0.717, 1.165) is 50.3 Å². The number of allylic oxidation sites excluding steroid dienone is 1. The molecule has 1 aromatic carbocycles. The highest BCUT2D eigenvalue weighted by Crippen LogP contribution is 2.48. The van der Waals surface area contributed by atoms with Crippen molar-refractivity contribution >= 4 is 17.5 Å². The Hall–Kier alpha value is -2.14. The van der Waals surface area contributed by atoms with Crippen LogP contribution in [0, 0.1) is 5.41 Å². The summed E-state index contributed by atoms with van der Waals surface area (Å²) in [5.74, 6) is 0.194. The zero-order valence-electron chi connectivity index (χ0n) is 16.7. The SMILES string of the molecule is O=C1CCC2(C(=O)NCCN3CCCCC3)CCCC=C2N1c1ccccc1. The molecule has 0 bridgehead atoms. The summed E-state index contributed by atoms with van der Waals surface area (Å²) in [4.78, 5) is 30.4. The average Bonchev–Trinajstić information content (AvgIpc) is 2.75. The van der Waals surface area contributed by atoms with Crippen molar-refractivity contribution < 1.29 is 9.59 Å². The number of likely N-dealkylation sites (tertiary alicyclic amines) is 1. The van der Waals surface area contributed by atoms with Gasteiger partial charge in [-0.3, -0.25) is 14.5 Å². The van der Waals surface area contributed by atoms with Gasteiger partial charge in [0.2, 0.25) is 11.8 Å². The molecular formula is C23H31N3O2. The third-order valence-electron chi connectivity index (χ3n) is 6.50. The number of carbonyl (C=O) groups is 2. The number of piperidine rings is 2. The van der Waals surface area contributed by atoms with Gasteiger partial charge in [0, 0.05) is 30.9 Å². The number of carbonyl (C=O) groups excluding carboxylic acids is 2. The predicted molar refractivity (Wildman–Crippen MR) is 111 cm³/mol. The lowest BCUT2D eigenvalue weighted by atomic mass is 9.69. The van der Waals surface area contributed by atoms with Crippen LogP contribution >= 0.6 is 0 Å². The Bertz CT molecular complexity index is 739. The Balaban J connectivity index is 1.50. The second-order valence-electron chi connectivity index (χ2n) is 8.29. The Morgan fingerprint density at radius 2 is 1.82 bits per heavy atom. The summed E-state index contributed by atoms with van der Waals surface area (Å²) in [7, 11) is 0. The molecule has 0 radical (unpaired) electrons. The molecule has 0 saturated carbocycles. The summed E-state index contributed by atoms with van der Waals surface area (Å²) in [6, 6.07) is 9.76. The summed E-state index contributed by atoms with van der Waals surface area (Å²) < 4.78 is 0. The van der Waals surface area contributed by atoms with E-state index in [1.54, 1.807) is 4.90 Å². The van der Waals surface area contributed by atoms with Gasteiger partial charge < -0.3 is 10.2 Å². The van der Waals surface area contributed by atoms with Crippen LogP contribution in [0.1, 0.15) is 51.4 Å². The number of hydrogen-bond donors (Lipinski definition) is 1. The molecule has 1 atom stereocenters. The Labute approximate surface area is 167 Å². The lowest BCUT2D eigenvalue weighted by molar-refractivity contribution is -0.132. The van der Waals surface area contributed by atoms with E-state index in [1.165, 1.54) is 19.3 Å². The molecular weight excluding hydrogens is 350 g/mol. The number of hydrogen-bond acceptors (Lipinski definition) is 3. The summed E-state index contributed by atoms with van der Waals surface area (Å²) in [5, 5.41) is 3.22. The second kappa shape index (κ2) is 8.48. The minimum Gasteiger partial charge on any atom is -0.354 e. The van der Waals surface area contributed by atoms with E-state index in [9.17, 15) is 9.59 Å². The van der Waals surface area contributed by atoms with Crippen molar-refractivity contribution in [2.45, 2.75) is 51.4 Å². The number of nitrogens with zero attached hydrogens (tertiary/aromatic N) is 2. The van der Waals surface area contributed by atoms with Gasteiger partial charge in [-0.05, 0) is 63.7 Å². The maximum absolute atomic E-state index is 13.4. The van der Waals surface area contributed by atoms with Crippen LogP contribution in [0.3, 0.4) is 0 Å². The van der Waals surface area contributed by atoms with Gasteiger partial charge in [-0.25, -0.2) is 0 Å². The fraction of sp³-hybridized carbons (Fsp3) is 0.565. The number of amides is 2. The van der Waals surface area contributed by atoms with Crippen molar-refractivity contribution in [2.24, 2.45) is 5.41 Å². The smallest absolute Gasteiger partial charge is 0.232 e. The summed E-state index contributed by atoms with van der Waals surface area (Å²) in [6.45, 7) is 3.89. The quantitative estimate of drug-likeness (QED) is 0.850. The van der Waals surface area contributed by atoms with E-state index in [2.05, 4.69) is 16.3 Å². The van der Waals surface area contributed by atoms with Gasteiger partial charge in [-0.1, -0.05) is 30.7 Å². The molecule has 5 heteroatoms. The van der Waals surface area contributed by atoms with Crippen molar-refractivity contribution in [3.63, 3.8) is 0 Å². The fourth-order valence-electron chi connectivity index (χ4n) is 4.97. The molecule has 0 aromatic heterocycles. The van der Waals surface area contributed by atoms with Gasteiger partial charge in [0.1, 0.15) is 0 Å². The van der Waals surface area contributed by atoms with Crippen LogP contribution in [0.25, 0.3) is 0 Å². The highest BCUT2D eigenvalue weighted by molar-refractivity contribution is 6.02. The van der Waals surface area contributed by atoms with Gasteiger partial charge in [0.25, 0.3) is 0 Å². The molecule has 2 amide bonds. The Morgan fingerprint density at radius 1 is 1.04 bits per heavy atom. The first-order valence-electron chi connectivity index (χ1n) is 10.8. The van der Waals surface area contributed by atoms with E-state index in [1.807, 2.05) is 30.3 Å². The third kappa shape index (κ3) is 3.72. The fourth-order valence-corrected chi connectivity index (χ4v) is 4.97. The Morgan fingerprint density at radius 3 is 2.61 bits per heavy atom. The number of para-hydroxylation sites is 1. The second-order valence-corrected chi connectivity index (χ2v) is 8.29. The van der Waals surface area contributed by atoms with Gasteiger partial charge in [-0.15, -0.1) is 0 Å². The molecule has 1 aromatic rings. The third-order valence-corrected chi connectivity index (χ3v) is 6.50. The molecule has 2 heterocycles. The van der Waals surface area contributed by atoms with E-state index >= 15 is 0 Å².